The Kier molecular flexibility index (Phi) is 5.82. The number of benzene rings is 1. The van der Waals surface area contributed by atoms with Gasteiger partial charge in [-0.2, -0.15) is 4.98 Å². The van der Waals surface area contributed by atoms with Gasteiger partial charge in [0.1, 0.15) is 11.5 Å². The molecule has 1 aromatic carbocycles. The van der Waals surface area contributed by atoms with Crippen molar-refractivity contribution in [3.63, 3.8) is 0 Å². The van der Waals surface area contributed by atoms with Crippen molar-refractivity contribution in [2.75, 3.05) is 60.2 Å². The van der Waals surface area contributed by atoms with Gasteiger partial charge in [0.2, 0.25) is 5.82 Å². The molecule has 3 aliphatic rings. The van der Waals surface area contributed by atoms with Crippen LogP contribution >= 0.6 is 11.9 Å². The summed E-state index contributed by atoms with van der Waals surface area (Å²) in [4.78, 5) is 14.3. The van der Waals surface area contributed by atoms with Gasteiger partial charge in [0, 0.05) is 49.4 Å². The first-order valence-electron chi connectivity index (χ1n) is 12.1. The third-order valence-corrected chi connectivity index (χ3v) is 7.73. The van der Waals surface area contributed by atoms with E-state index in [2.05, 4.69) is 37.9 Å². The number of ether oxygens (including phenoxy) is 1. The summed E-state index contributed by atoms with van der Waals surface area (Å²) in [7, 11) is 0. The molecule has 178 valence electrons. The molecule has 1 saturated carbocycles. The van der Waals surface area contributed by atoms with Crippen LogP contribution in [0.4, 0.5) is 17.2 Å². The highest BCUT2D eigenvalue weighted by molar-refractivity contribution is 7.99. The number of pyridine rings is 1. The maximum absolute atomic E-state index is 5.71. The van der Waals surface area contributed by atoms with E-state index >= 15 is 0 Å². The van der Waals surface area contributed by atoms with Crippen molar-refractivity contribution < 1.29 is 9.26 Å². The smallest absolute Gasteiger partial charge is 0.276 e. The van der Waals surface area contributed by atoms with Crippen molar-refractivity contribution in [3.05, 3.63) is 36.4 Å². The maximum Gasteiger partial charge on any atom is 0.276 e. The third-order valence-electron chi connectivity index (χ3n) is 7.30. The van der Waals surface area contributed by atoms with Gasteiger partial charge in [0.05, 0.1) is 13.2 Å². The first-order chi connectivity index (χ1) is 16.7. The van der Waals surface area contributed by atoms with E-state index in [0.29, 0.717) is 22.8 Å². The van der Waals surface area contributed by atoms with Crippen LogP contribution < -0.4 is 14.5 Å². The predicted octanol–water partition coefficient (Wildman–Crippen LogP) is 4.71. The molecular weight excluding hydrogens is 448 g/mol. The molecule has 4 heterocycles. The summed E-state index contributed by atoms with van der Waals surface area (Å²) in [6.45, 7) is 5.26. The molecule has 0 amide bonds. The summed E-state index contributed by atoms with van der Waals surface area (Å²) in [5.74, 6) is 1.96. The number of hydrogen-bond donors (Lipinski definition) is 1. The fourth-order valence-corrected chi connectivity index (χ4v) is 5.37. The molecule has 0 atom stereocenters. The fraction of sp³-hybridized carbons (Fsp3) is 0.480. The van der Waals surface area contributed by atoms with E-state index in [0.717, 1.165) is 62.1 Å². The van der Waals surface area contributed by atoms with Crippen LogP contribution in [0, 0.1) is 5.41 Å². The van der Waals surface area contributed by atoms with Crippen LogP contribution in [0.15, 0.2) is 40.9 Å². The largest absolute Gasteiger partial charge is 0.378 e. The fourth-order valence-electron chi connectivity index (χ4n) is 5.01. The molecule has 3 aromatic rings. The van der Waals surface area contributed by atoms with Crippen molar-refractivity contribution >= 4 is 29.1 Å². The van der Waals surface area contributed by atoms with Gasteiger partial charge in [0.15, 0.2) is 0 Å². The standard InChI is InChI=1S/C25H30N6O2S/c1-34-29-18-5-6-19(21(17-18)30-11-9-25(7-8-25)10-12-30)23-27-24(33-28-23)20-3-2-4-22(26-20)31-13-15-32-16-14-31/h2-6,17,29H,7-16H2,1H3. The predicted molar refractivity (Wildman–Crippen MR) is 136 cm³/mol. The molecule has 2 aliphatic heterocycles. The number of aromatic nitrogens is 3. The Bertz CT molecular complexity index is 1150. The van der Waals surface area contributed by atoms with Gasteiger partial charge in [0.25, 0.3) is 5.89 Å². The molecule has 2 saturated heterocycles. The van der Waals surface area contributed by atoms with Crippen LogP contribution in [0.2, 0.25) is 0 Å². The molecule has 1 N–H and O–H groups in total. The second-order valence-corrected chi connectivity index (χ2v) is 10.0. The molecule has 2 aromatic heterocycles. The Hall–Kier alpha value is -2.78. The number of nitrogens with zero attached hydrogens (tertiary/aromatic N) is 5. The molecule has 0 unspecified atom stereocenters. The molecule has 0 bridgehead atoms. The average molecular weight is 479 g/mol. The number of rotatable bonds is 6. The van der Waals surface area contributed by atoms with Crippen LogP contribution in [-0.4, -0.2) is 60.8 Å². The molecule has 0 radical (unpaired) electrons. The van der Waals surface area contributed by atoms with Crippen molar-refractivity contribution in [1.82, 2.24) is 15.1 Å². The Labute approximate surface area is 204 Å². The number of morpholine rings is 1. The zero-order chi connectivity index (χ0) is 23.0. The summed E-state index contributed by atoms with van der Waals surface area (Å²) in [6.07, 6.45) is 7.36. The molecule has 34 heavy (non-hydrogen) atoms. The van der Waals surface area contributed by atoms with Crippen LogP contribution in [0.5, 0.6) is 0 Å². The second-order valence-electron chi connectivity index (χ2n) is 9.43. The van der Waals surface area contributed by atoms with Gasteiger partial charge in [-0.05, 0) is 61.4 Å². The normalized spacial score (nSPS) is 19.4. The van der Waals surface area contributed by atoms with E-state index in [1.165, 1.54) is 25.7 Å². The van der Waals surface area contributed by atoms with Crippen LogP contribution in [0.3, 0.4) is 0 Å². The van der Waals surface area contributed by atoms with E-state index in [1.807, 2.05) is 24.5 Å². The third kappa shape index (κ3) is 4.34. The van der Waals surface area contributed by atoms with Crippen LogP contribution in [0.1, 0.15) is 25.7 Å². The number of piperidine rings is 1. The summed E-state index contributed by atoms with van der Waals surface area (Å²) in [6, 6.07) is 12.3. The lowest BCUT2D eigenvalue weighted by Crippen LogP contribution is -2.36. The van der Waals surface area contributed by atoms with E-state index in [1.54, 1.807) is 11.9 Å². The highest BCUT2D eigenvalue weighted by Gasteiger charge is 2.44. The molecule has 1 aliphatic carbocycles. The molecule has 9 heteroatoms. The van der Waals surface area contributed by atoms with Crippen molar-refractivity contribution in [3.8, 4) is 23.0 Å². The first-order valence-corrected chi connectivity index (χ1v) is 13.3. The van der Waals surface area contributed by atoms with Crippen LogP contribution in [0.25, 0.3) is 23.0 Å². The van der Waals surface area contributed by atoms with Crippen molar-refractivity contribution in [2.45, 2.75) is 25.7 Å². The maximum atomic E-state index is 5.71. The molecule has 8 nitrogen and oxygen atoms in total. The van der Waals surface area contributed by atoms with Crippen molar-refractivity contribution in [1.29, 1.82) is 0 Å². The Balaban J connectivity index is 1.29. The Morgan fingerprint density at radius 3 is 2.53 bits per heavy atom. The van der Waals surface area contributed by atoms with Gasteiger partial charge in [-0.25, -0.2) is 4.98 Å². The van der Waals surface area contributed by atoms with Gasteiger partial charge >= 0.3 is 0 Å². The first kappa shape index (κ1) is 21.7. The Morgan fingerprint density at radius 1 is 0.941 bits per heavy atom. The second kappa shape index (κ2) is 9.11. The van der Waals surface area contributed by atoms with E-state index in [9.17, 15) is 0 Å². The lowest BCUT2D eigenvalue weighted by Gasteiger charge is -2.35. The number of hydrogen-bond acceptors (Lipinski definition) is 9. The van der Waals surface area contributed by atoms with Gasteiger partial charge < -0.3 is 23.8 Å². The Morgan fingerprint density at radius 2 is 1.76 bits per heavy atom. The van der Waals surface area contributed by atoms with Crippen LogP contribution in [-0.2, 0) is 4.74 Å². The van der Waals surface area contributed by atoms with Gasteiger partial charge in [-0.15, -0.1) is 0 Å². The highest BCUT2D eigenvalue weighted by Crippen LogP contribution is 2.54. The van der Waals surface area contributed by atoms with Crippen molar-refractivity contribution in [2.24, 2.45) is 5.41 Å². The zero-order valence-electron chi connectivity index (χ0n) is 19.5. The lowest BCUT2D eigenvalue weighted by molar-refractivity contribution is 0.122. The average Bonchev–Trinajstić information content (AvgIpc) is 3.45. The monoisotopic (exact) mass is 478 g/mol. The molecular formula is C25H30N6O2S. The topological polar surface area (TPSA) is 79.5 Å². The number of nitrogens with one attached hydrogen (secondary N) is 1. The SMILES string of the molecule is CSNc1ccc(-c2noc(-c3cccc(N4CCOCC4)n3)n2)c(N2CCC3(CC2)CC3)c1. The van der Waals surface area contributed by atoms with E-state index < -0.39 is 0 Å². The molecule has 6 rings (SSSR count). The summed E-state index contributed by atoms with van der Waals surface area (Å²) >= 11 is 1.60. The van der Waals surface area contributed by atoms with E-state index in [4.69, 9.17) is 19.2 Å². The minimum atomic E-state index is 0.443. The van der Waals surface area contributed by atoms with E-state index in [-0.39, 0.29) is 0 Å². The minimum Gasteiger partial charge on any atom is -0.378 e. The lowest BCUT2D eigenvalue weighted by atomic mass is 9.93. The number of anilines is 3. The summed E-state index contributed by atoms with van der Waals surface area (Å²) in [5.41, 5.74) is 4.57. The summed E-state index contributed by atoms with van der Waals surface area (Å²) in [5, 5.41) is 4.37. The minimum absolute atomic E-state index is 0.443. The molecule has 3 fully saturated rings. The quantitative estimate of drug-likeness (QED) is 0.507. The summed E-state index contributed by atoms with van der Waals surface area (Å²) < 4.78 is 14.5. The highest BCUT2D eigenvalue weighted by atomic mass is 32.2. The van der Waals surface area contributed by atoms with Gasteiger partial charge in [-0.3, -0.25) is 0 Å². The zero-order valence-corrected chi connectivity index (χ0v) is 20.3. The van der Waals surface area contributed by atoms with Gasteiger partial charge in [-0.1, -0.05) is 23.2 Å². The molecule has 1 spiro atoms.